The fourth-order valence-corrected chi connectivity index (χ4v) is 6.33. The first-order chi connectivity index (χ1) is 16.7. The highest BCUT2D eigenvalue weighted by atomic mass is 32.2. The Morgan fingerprint density at radius 2 is 1.71 bits per heavy atom. The zero-order valence-electron chi connectivity index (χ0n) is 18.8. The molecule has 2 amide bonds. The number of alkyl halides is 2. The van der Waals surface area contributed by atoms with Crippen molar-refractivity contribution in [2.45, 2.75) is 30.2 Å². The summed E-state index contributed by atoms with van der Waals surface area (Å²) in [7, 11) is 0. The van der Waals surface area contributed by atoms with Crippen LogP contribution in [0.25, 0.3) is 11.1 Å². The quantitative estimate of drug-likeness (QED) is 0.624. The number of nitrogens with zero attached hydrogens (tertiary/aromatic N) is 1. The average molecular weight is 503 g/mol. The third-order valence-corrected chi connectivity index (χ3v) is 8.26. The van der Waals surface area contributed by atoms with E-state index in [4.69, 9.17) is 4.74 Å². The molecular weight excluding hydrogens is 478 g/mol. The first-order valence-electron chi connectivity index (χ1n) is 11.3. The normalized spacial score (nSPS) is 26.1. The van der Waals surface area contributed by atoms with Crippen LogP contribution in [0, 0.1) is 11.8 Å². The van der Waals surface area contributed by atoms with Crippen LogP contribution in [0.1, 0.15) is 24.0 Å². The molecule has 4 atom stereocenters. The van der Waals surface area contributed by atoms with Crippen molar-refractivity contribution in [1.29, 1.82) is 0 Å². The Morgan fingerprint density at radius 3 is 2.31 bits per heavy atom. The molecule has 35 heavy (non-hydrogen) atoms. The van der Waals surface area contributed by atoms with Gasteiger partial charge in [0.15, 0.2) is 0 Å². The highest BCUT2D eigenvalue weighted by Crippen LogP contribution is 2.56. The first kappa shape index (κ1) is 23.6. The van der Waals surface area contributed by atoms with E-state index < -0.39 is 53.7 Å². The number of carboxylic acid groups (broad SMARTS) is 1. The summed E-state index contributed by atoms with van der Waals surface area (Å²) in [6.45, 7) is 1.23. The lowest BCUT2D eigenvalue weighted by Crippen LogP contribution is -2.46. The minimum absolute atomic E-state index is 0.0477. The van der Waals surface area contributed by atoms with Crippen LogP contribution in [0.15, 0.2) is 48.5 Å². The standard InChI is InChI=1S/C25H24F2N2O5S/c1-13-29(20(12-35-13)23(31)32)22(30)21-19(25(21,26)27)10-28-24(33)34-11-18-16-8-4-2-6-14(16)15-7-3-5-9-17(15)18/h2-9,13,18-21H,10-12H2,1H3,(H,28,33)(H,31,32)/t13?,19-,20?,21-/m0/s1. The molecule has 1 saturated carbocycles. The fraction of sp³-hybridized carbons (Fsp3) is 0.400. The monoisotopic (exact) mass is 502 g/mol. The molecule has 1 saturated heterocycles. The molecular formula is C25H24F2N2O5S. The SMILES string of the molecule is CC1SCC(C(=O)O)N1C(=O)[C@@H]1[C@H](CNC(=O)OCC2c3ccccc3-c3ccccc32)C1(F)F. The maximum absolute atomic E-state index is 14.4. The molecule has 3 aliphatic rings. The number of hydrogen-bond donors (Lipinski definition) is 2. The van der Waals surface area contributed by atoms with Crippen molar-refractivity contribution in [2.24, 2.45) is 11.8 Å². The van der Waals surface area contributed by atoms with Crippen molar-refractivity contribution in [3.05, 3.63) is 59.7 Å². The molecule has 2 aliphatic carbocycles. The lowest BCUT2D eigenvalue weighted by atomic mass is 9.98. The van der Waals surface area contributed by atoms with E-state index in [0.29, 0.717) is 0 Å². The molecule has 2 aromatic rings. The van der Waals surface area contributed by atoms with Gasteiger partial charge in [0.1, 0.15) is 18.6 Å². The number of halogens is 2. The molecule has 0 spiro atoms. The number of carbonyl (C=O) groups excluding carboxylic acids is 2. The highest BCUT2D eigenvalue weighted by molar-refractivity contribution is 8.00. The first-order valence-corrected chi connectivity index (χ1v) is 12.4. The lowest BCUT2D eigenvalue weighted by Gasteiger charge is -2.25. The number of rotatable bonds is 6. The van der Waals surface area contributed by atoms with Crippen LogP contribution >= 0.6 is 11.8 Å². The third-order valence-electron chi connectivity index (χ3n) is 7.04. The van der Waals surface area contributed by atoms with E-state index in [1.54, 1.807) is 6.92 Å². The predicted octanol–water partition coefficient (Wildman–Crippen LogP) is 3.78. The second kappa shape index (κ2) is 8.82. The van der Waals surface area contributed by atoms with Gasteiger partial charge >= 0.3 is 12.1 Å². The smallest absolute Gasteiger partial charge is 0.407 e. The van der Waals surface area contributed by atoms with Crippen molar-refractivity contribution in [3.8, 4) is 11.1 Å². The summed E-state index contributed by atoms with van der Waals surface area (Å²) in [6.07, 6.45) is -0.839. The Kier molecular flexibility index (Phi) is 5.94. The van der Waals surface area contributed by atoms with Crippen molar-refractivity contribution in [3.63, 3.8) is 0 Å². The van der Waals surface area contributed by atoms with Gasteiger partial charge in [0, 0.05) is 18.2 Å². The van der Waals surface area contributed by atoms with E-state index in [9.17, 15) is 28.3 Å². The molecule has 2 aromatic carbocycles. The molecule has 2 unspecified atom stereocenters. The number of nitrogens with one attached hydrogen (secondary N) is 1. The summed E-state index contributed by atoms with van der Waals surface area (Å²) in [4.78, 5) is 37.6. The van der Waals surface area contributed by atoms with E-state index >= 15 is 0 Å². The van der Waals surface area contributed by atoms with Crippen LogP contribution in [0.5, 0.6) is 0 Å². The van der Waals surface area contributed by atoms with E-state index in [0.717, 1.165) is 27.2 Å². The van der Waals surface area contributed by atoms with Gasteiger partial charge in [-0.05, 0) is 29.2 Å². The van der Waals surface area contributed by atoms with Gasteiger partial charge in [0.05, 0.1) is 11.3 Å². The van der Waals surface area contributed by atoms with Gasteiger partial charge in [-0.3, -0.25) is 4.79 Å². The van der Waals surface area contributed by atoms with Gasteiger partial charge < -0.3 is 20.1 Å². The summed E-state index contributed by atoms with van der Waals surface area (Å²) < 4.78 is 34.3. The minimum atomic E-state index is -3.32. The van der Waals surface area contributed by atoms with Gasteiger partial charge in [0.2, 0.25) is 5.91 Å². The predicted molar refractivity (Wildman–Crippen MR) is 125 cm³/mol. The van der Waals surface area contributed by atoms with Crippen LogP contribution in [0.2, 0.25) is 0 Å². The minimum Gasteiger partial charge on any atom is -0.480 e. The number of carboxylic acids is 1. The number of carbonyl (C=O) groups is 3. The fourth-order valence-electron chi connectivity index (χ4n) is 5.15. The zero-order valence-corrected chi connectivity index (χ0v) is 19.6. The maximum atomic E-state index is 14.4. The lowest BCUT2D eigenvalue weighted by molar-refractivity contribution is -0.150. The molecule has 1 heterocycles. The van der Waals surface area contributed by atoms with E-state index in [2.05, 4.69) is 5.32 Å². The Labute approximate surface area is 204 Å². The number of hydrogen-bond acceptors (Lipinski definition) is 5. The number of benzene rings is 2. The second-order valence-corrected chi connectivity index (χ2v) is 10.3. The Balaban J connectivity index is 1.19. The summed E-state index contributed by atoms with van der Waals surface area (Å²) in [5.74, 6) is -8.48. The van der Waals surface area contributed by atoms with Crippen LogP contribution in [0.4, 0.5) is 13.6 Å². The van der Waals surface area contributed by atoms with Gasteiger partial charge in [0.25, 0.3) is 5.92 Å². The van der Waals surface area contributed by atoms with Crippen LogP contribution in [-0.2, 0) is 14.3 Å². The third kappa shape index (κ3) is 4.03. The van der Waals surface area contributed by atoms with E-state index in [-0.39, 0.29) is 18.3 Å². The number of amides is 2. The van der Waals surface area contributed by atoms with Gasteiger partial charge in [-0.25, -0.2) is 18.4 Å². The van der Waals surface area contributed by atoms with Crippen LogP contribution in [0.3, 0.4) is 0 Å². The topological polar surface area (TPSA) is 95.9 Å². The largest absolute Gasteiger partial charge is 0.480 e. The molecule has 184 valence electrons. The molecule has 0 bridgehead atoms. The molecule has 2 fully saturated rings. The van der Waals surface area contributed by atoms with Gasteiger partial charge in [-0.2, -0.15) is 0 Å². The summed E-state index contributed by atoms with van der Waals surface area (Å²) in [5, 5.41) is 11.2. The molecule has 10 heteroatoms. The number of alkyl carbamates (subject to hydrolysis) is 1. The van der Waals surface area contributed by atoms with E-state index in [1.165, 1.54) is 11.8 Å². The zero-order chi connectivity index (χ0) is 24.9. The Morgan fingerprint density at radius 1 is 1.11 bits per heavy atom. The summed E-state index contributed by atoms with van der Waals surface area (Å²) in [6, 6.07) is 14.6. The molecule has 5 rings (SSSR count). The number of thioether (sulfide) groups is 1. The highest BCUT2D eigenvalue weighted by Gasteiger charge is 2.73. The molecule has 1 aliphatic heterocycles. The maximum Gasteiger partial charge on any atom is 0.407 e. The number of ether oxygens (including phenoxy) is 1. The molecule has 7 nitrogen and oxygen atoms in total. The average Bonchev–Trinajstić information content (AvgIpc) is 3.10. The summed E-state index contributed by atoms with van der Waals surface area (Å²) >= 11 is 1.23. The van der Waals surface area contributed by atoms with Crippen LogP contribution < -0.4 is 5.32 Å². The van der Waals surface area contributed by atoms with E-state index in [1.807, 2.05) is 48.5 Å². The Bertz CT molecular complexity index is 1150. The van der Waals surface area contributed by atoms with Gasteiger partial charge in [-0.1, -0.05) is 48.5 Å². The van der Waals surface area contributed by atoms with Crippen molar-refractivity contribution >= 4 is 29.7 Å². The summed E-state index contributed by atoms with van der Waals surface area (Å²) in [5.41, 5.74) is 4.22. The van der Waals surface area contributed by atoms with Gasteiger partial charge in [-0.15, -0.1) is 11.8 Å². The molecule has 0 aromatic heterocycles. The van der Waals surface area contributed by atoms with Crippen molar-refractivity contribution in [2.75, 3.05) is 18.9 Å². The molecule has 0 radical (unpaired) electrons. The number of fused-ring (bicyclic) bond motifs is 3. The second-order valence-electron chi connectivity index (χ2n) is 9.00. The Hall–Kier alpha value is -3.14. The van der Waals surface area contributed by atoms with Crippen molar-refractivity contribution < 1.29 is 33.0 Å². The van der Waals surface area contributed by atoms with Crippen LogP contribution in [-0.4, -0.2) is 64.2 Å². The number of aliphatic carboxylic acids is 1. The molecule has 2 N–H and O–H groups in total. The van der Waals surface area contributed by atoms with Crippen molar-refractivity contribution in [1.82, 2.24) is 10.2 Å².